The van der Waals surface area contributed by atoms with E-state index >= 15 is 0 Å². The first-order chi connectivity index (χ1) is 9.13. The molecule has 0 aromatic carbocycles. The van der Waals surface area contributed by atoms with Crippen molar-refractivity contribution in [3.8, 4) is 0 Å². The van der Waals surface area contributed by atoms with Crippen molar-refractivity contribution >= 4 is 0 Å². The van der Waals surface area contributed by atoms with Gasteiger partial charge in [-0.1, -0.05) is 0 Å². The molecular formula is C12H22N6O. The van der Waals surface area contributed by atoms with Crippen molar-refractivity contribution in [3.63, 3.8) is 0 Å². The van der Waals surface area contributed by atoms with Gasteiger partial charge in [0.2, 0.25) is 0 Å². The molecule has 2 heterocycles. The number of hydrogen-bond acceptors (Lipinski definition) is 6. The van der Waals surface area contributed by atoms with Crippen molar-refractivity contribution in [1.82, 2.24) is 30.0 Å². The van der Waals surface area contributed by atoms with Crippen LogP contribution in [0.5, 0.6) is 0 Å². The molecule has 1 saturated heterocycles. The number of likely N-dealkylation sites (tertiary alicyclic amines) is 1. The number of β-amino-alcohol motifs (C(OH)–C–C–N with tert-alkyl or cyclic N) is 1. The minimum absolute atomic E-state index is 0.227. The number of aliphatic hydroxyl groups is 1. The smallest absolute Gasteiger partial charge is 0.165 e. The molecule has 19 heavy (non-hydrogen) atoms. The van der Waals surface area contributed by atoms with Crippen molar-refractivity contribution in [1.29, 1.82) is 0 Å². The summed E-state index contributed by atoms with van der Waals surface area (Å²) in [7, 11) is 4.13. The molecule has 1 aliphatic heterocycles. The van der Waals surface area contributed by atoms with Crippen LogP contribution < -0.4 is 0 Å². The van der Waals surface area contributed by atoms with Crippen LogP contribution in [0.3, 0.4) is 0 Å². The zero-order valence-electron chi connectivity index (χ0n) is 11.6. The van der Waals surface area contributed by atoms with Gasteiger partial charge in [0.05, 0.1) is 18.7 Å². The van der Waals surface area contributed by atoms with E-state index in [9.17, 15) is 5.11 Å². The number of nitrogens with zero attached hydrogens (tertiary/aromatic N) is 6. The number of hydrogen-bond donors (Lipinski definition) is 1. The number of aromatic nitrogens is 4. The van der Waals surface area contributed by atoms with Crippen molar-refractivity contribution in [2.75, 3.05) is 27.2 Å². The maximum absolute atomic E-state index is 9.88. The molecule has 2 fully saturated rings. The molecule has 0 bridgehead atoms. The van der Waals surface area contributed by atoms with Crippen LogP contribution >= 0.6 is 0 Å². The lowest BCUT2D eigenvalue weighted by molar-refractivity contribution is 0.166. The van der Waals surface area contributed by atoms with Crippen molar-refractivity contribution in [2.45, 2.75) is 44.0 Å². The Morgan fingerprint density at radius 2 is 2.16 bits per heavy atom. The summed E-state index contributed by atoms with van der Waals surface area (Å²) in [6.45, 7) is 2.41. The fourth-order valence-corrected chi connectivity index (χ4v) is 2.86. The van der Waals surface area contributed by atoms with Gasteiger partial charge in [-0.05, 0) is 43.8 Å². The van der Waals surface area contributed by atoms with E-state index in [0.29, 0.717) is 12.1 Å². The molecule has 7 heteroatoms. The third-order valence-electron chi connectivity index (χ3n) is 3.88. The van der Waals surface area contributed by atoms with Crippen LogP contribution in [-0.2, 0) is 6.54 Å². The second-order valence-electron chi connectivity index (χ2n) is 6.01. The fourth-order valence-electron chi connectivity index (χ4n) is 2.86. The molecule has 1 N–H and O–H groups in total. The van der Waals surface area contributed by atoms with E-state index in [4.69, 9.17) is 0 Å². The van der Waals surface area contributed by atoms with Gasteiger partial charge in [-0.2, -0.15) is 0 Å². The van der Waals surface area contributed by atoms with Crippen LogP contribution in [0, 0.1) is 0 Å². The summed E-state index contributed by atoms with van der Waals surface area (Å²) < 4.78 is 1.96. The van der Waals surface area contributed by atoms with E-state index in [-0.39, 0.29) is 6.10 Å². The summed E-state index contributed by atoms with van der Waals surface area (Å²) in [6.07, 6.45) is 2.97. The van der Waals surface area contributed by atoms with E-state index in [1.54, 1.807) is 0 Å². The van der Waals surface area contributed by atoms with Gasteiger partial charge in [0.1, 0.15) is 0 Å². The lowest BCUT2D eigenvalue weighted by Crippen LogP contribution is -2.37. The normalized spacial score (nSPS) is 28.4. The predicted molar refractivity (Wildman–Crippen MR) is 69.5 cm³/mol. The van der Waals surface area contributed by atoms with Crippen LogP contribution in [0.15, 0.2) is 0 Å². The summed E-state index contributed by atoms with van der Waals surface area (Å²) in [4.78, 5) is 4.47. The highest BCUT2D eigenvalue weighted by atomic mass is 16.3. The summed E-state index contributed by atoms with van der Waals surface area (Å²) in [5.74, 6) is 0.931. The number of tetrazole rings is 1. The molecule has 1 aromatic rings. The topological polar surface area (TPSA) is 70.3 Å². The zero-order valence-corrected chi connectivity index (χ0v) is 11.6. The summed E-state index contributed by atoms with van der Waals surface area (Å²) in [5.41, 5.74) is 0. The third kappa shape index (κ3) is 2.93. The second kappa shape index (κ2) is 5.15. The van der Waals surface area contributed by atoms with E-state index in [2.05, 4.69) is 39.4 Å². The van der Waals surface area contributed by atoms with Crippen molar-refractivity contribution in [2.24, 2.45) is 0 Å². The number of rotatable bonds is 5. The Bertz CT molecular complexity index is 430. The molecule has 2 aliphatic rings. The Morgan fingerprint density at radius 1 is 1.37 bits per heavy atom. The van der Waals surface area contributed by atoms with E-state index in [1.165, 1.54) is 12.8 Å². The lowest BCUT2D eigenvalue weighted by Gasteiger charge is -2.26. The molecule has 2 atom stereocenters. The van der Waals surface area contributed by atoms with Gasteiger partial charge in [-0.15, -0.1) is 5.10 Å². The highest BCUT2D eigenvalue weighted by molar-refractivity contribution is 4.94. The van der Waals surface area contributed by atoms with Gasteiger partial charge in [0, 0.05) is 19.1 Å². The molecule has 0 spiro atoms. The molecule has 1 saturated carbocycles. The Kier molecular flexibility index (Phi) is 3.51. The summed E-state index contributed by atoms with van der Waals surface area (Å²) in [5, 5.41) is 21.9. The van der Waals surface area contributed by atoms with Crippen molar-refractivity contribution in [3.05, 3.63) is 5.82 Å². The van der Waals surface area contributed by atoms with Gasteiger partial charge in [0.15, 0.2) is 5.82 Å². The number of aliphatic hydroxyl groups excluding tert-OH is 1. The molecule has 3 rings (SSSR count). The van der Waals surface area contributed by atoms with Gasteiger partial charge >= 0.3 is 0 Å². The van der Waals surface area contributed by atoms with Crippen molar-refractivity contribution < 1.29 is 5.11 Å². The van der Waals surface area contributed by atoms with Crippen LogP contribution in [0.1, 0.15) is 31.1 Å². The van der Waals surface area contributed by atoms with E-state index < -0.39 is 0 Å². The van der Waals surface area contributed by atoms with Crippen LogP contribution in [-0.4, -0.2) is 74.4 Å². The largest absolute Gasteiger partial charge is 0.392 e. The SMILES string of the molecule is CN(C)CC1CC(O)CN1Cc1nnnn1C1CC1. The average Bonchev–Trinajstić information content (AvgIpc) is 2.98. The zero-order chi connectivity index (χ0) is 13.4. The average molecular weight is 266 g/mol. The molecule has 106 valence electrons. The van der Waals surface area contributed by atoms with Gasteiger partial charge in [0.25, 0.3) is 0 Å². The first-order valence-corrected chi connectivity index (χ1v) is 6.97. The van der Waals surface area contributed by atoms with E-state index in [0.717, 1.165) is 31.9 Å². The Hall–Kier alpha value is -1.05. The standard InChI is InChI=1S/C12H22N6O/c1-16(2)6-10-5-11(19)7-17(10)8-12-13-14-15-18(12)9-3-4-9/h9-11,19H,3-8H2,1-2H3. The second-order valence-corrected chi connectivity index (χ2v) is 6.01. The van der Waals surface area contributed by atoms with Gasteiger partial charge in [-0.25, -0.2) is 4.68 Å². The maximum atomic E-state index is 9.88. The van der Waals surface area contributed by atoms with Gasteiger partial charge in [-0.3, -0.25) is 4.90 Å². The first kappa shape index (κ1) is 13.0. The Labute approximate surface area is 113 Å². The quantitative estimate of drug-likeness (QED) is 0.775. The molecule has 0 amide bonds. The monoisotopic (exact) mass is 266 g/mol. The third-order valence-corrected chi connectivity index (χ3v) is 3.88. The number of likely N-dealkylation sites (N-methyl/N-ethyl adjacent to an activating group) is 1. The highest BCUT2D eigenvalue weighted by Gasteiger charge is 2.34. The fraction of sp³-hybridized carbons (Fsp3) is 0.917. The maximum Gasteiger partial charge on any atom is 0.165 e. The first-order valence-electron chi connectivity index (χ1n) is 6.97. The summed E-state index contributed by atoms with van der Waals surface area (Å²) >= 11 is 0. The van der Waals surface area contributed by atoms with Crippen LogP contribution in [0.2, 0.25) is 0 Å². The minimum atomic E-state index is -0.227. The van der Waals surface area contributed by atoms with Gasteiger partial charge < -0.3 is 10.0 Å². The molecule has 2 unspecified atom stereocenters. The Morgan fingerprint density at radius 3 is 2.84 bits per heavy atom. The Balaban J connectivity index is 1.68. The van der Waals surface area contributed by atoms with Crippen LogP contribution in [0.4, 0.5) is 0 Å². The molecule has 1 aromatic heterocycles. The highest BCUT2D eigenvalue weighted by Crippen LogP contribution is 2.34. The molecule has 7 nitrogen and oxygen atoms in total. The lowest BCUT2D eigenvalue weighted by atomic mass is 10.2. The molecule has 0 radical (unpaired) electrons. The predicted octanol–water partition coefficient (Wildman–Crippen LogP) is -0.495. The molecule has 1 aliphatic carbocycles. The summed E-state index contributed by atoms with van der Waals surface area (Å²) in [6, 6.07) is 0.888. The molecular weight excluding hydrogens is 244 g/mol. The minimum Gasteiger partial charge on any atom is -0.392 e. The van der Waals surface area contributed by atoms with E-state index in [1.807, 2.05) is 4.68 Å². The van der Waals surface area contributed by atoms with Crippen LogP contribution in [0.25, 0.3) is 0 Å².